The van der Waals surface area contributed by atoms with Gasteiger partial charge in [0.15, 0.2) is 0 Å². The van der Waals surface area contributed by atoms with Crippen LogP contribution in [0.3, 0.4) is 0 Å². The second kappa shape index (κ2) is 6.62. The molecule has 1 aromatic carbocycles. The Morgan fingerprint density at radius 3 is 2.35 bits per heavy atom. The van der Waals surface area contributed by atoms with Crippen LogP contribution < -0.4 is 0 Å². The van der Waals surface area contributed by atoms with Gasteiger partial charge in [0.05, 0.1) is 5.75 Å². The number of sulfonamides is 1. The van der Waals surface area contributed by atoms with Crippen molar-refractivity contribution < 1.29 is 8.42 Å². The van der Waals surface area contributed by atoms with Gasteiger partial charge in [0.2, 0.25) is 10.0 Å². The first kappa shape index (κ1) is 16.0. The summed E-state index contributed by atoms with van der Waals surface area (Å²) in [5.41, 5.74) is 0.592. The van der Waals surface area contributed by atoms with Crippen LogP contribution in [0.1, 0.15) is 12.5 Å². The molecule has 1 fully saturated rings. The van der Waals surface area contributed by atoms with Gasteiger partial charge in [-0.15, -0.1) is 0 Å². The lowest BCUT2D eigenvalue weighted by Gasteiger charge is -2.33. The van der Waals surface area contributed by atoms with E-state index in [0.29, 0.717) is 28.7 Å². The number of benzene rings is 1. The Labute approximate surface area is 130 Å². The van der Waals surface area contributed by atoms with Gasteiger partial charge in [-0.3, -0.25) is 0 Å². The highest BCUT2D eigenvalue weighted by molar-refractivity contribution is 7.88. The first-order valence-corrected chi connectivity index (χ1v) is 8.93. The third-order valence-electron chi connectivity index (χ3n) is 3.52. The van der Waals surface area contributed by atoms with Crippen molar-refractivity contribution >= 4 is 33.2 Å². The molecule has 0 N–H and O–H groups in total. The molecule has 7 heteroatoms. The molecule has 0 spiro atoms. The zero-order valence-electron chi connectivity index (χ0n) is 11.3. The molecule has 1 saturated heterocycles. The molecule has 2 rings (SSSR count). The van der Waals surface area contributed by atoms with Crippen LogP contribution in [0.15, 0.2) is 18.2 Å². The molecule has 0 bridgehead atoms. The zero-order chi connectivity index (χ0) is 14.8. The van der Waals surface area contributed by atoms with Crippen molar-refractivity contribution in [2.24, 2.45) is 0 Å². The summed E-state index contributed by atoms with van der Waals surface area (Å²) in [4.78, 5) is 2.24. The normalized spacial score (nSPS) is 18.4. The summed E-state index contributed by atoms with van der Waals surface area (Å²) < 4.78 is 26.4. The van der Waals surface area contributed by atoms with Crippen LogP contribution in [-0.4, -0.2) is 50.3 Å². The summed E-state index contributed by atoms with van der Waals surface area (Å²) in [6.07, 6.45) is 0. The standard InChI is InChI=1S/C13H18Cl2N2O2S/c1-2-16-5-7-17(8-6-16)20(18,19)10-11-3-4-12(14)9-13(11)15/h3-4,9H,2,5-8,10H2,1H3. The molecule has 0 radical (unpaired) electrons. The minimum Gasteiger partial charge on any atom is -0.301 e. The Morgan fingerprint density at radius 2 is 1.80 bits per heavy atom. The van der Waals surface area contributed by atoms with E-state index in [2.05, 4.69) is 11.8 Å². The summed E-state index contributed by atoms with van der Waals surface area (Å²) in [6, 6.07) is 4.90. The quantitative estimate of drug-likeness (QED) is 0.847. The molecule has 0 atom stereocenters. The van der Waals surface area contributed by atoms with Crippen LogP contribution in [0.4, 0.5) is 0 Å². The maximum Gasteiger partial charge on any atom is 0.218 e. The van der Waals surface area contributed by atoms with Crippen molar-refractivity contribution in [3.63, 3.8) is 0 Å². The average molecular weight is 337 g/mol. The van der Waals surface area contributed by atoms with Gasteiger partial charge in [-0.1, -0.05) is 36.2 Å². The van der Waals surface area contributed by atoms with E-state index in [0.717, 1.165) is 19.6 Å². The third kappa shape index (κ3) is 3.86. The van der Waals surface area contributed by atoms with Gasteiger partial charge in [0.1, 0.15) is 0 Å². The van der Waals surface area contributed by atoms with Crippen molar-refractivity contribution in [3.05, 3.63) is 33.8 Å². The second-order valence-corrected chi connectivity index (χ2v) is 7.64. The van der Waals surface area contributed by atoms with Crippen LogP contribution in [0.5, 0.6) is 0 Å². The molecule has 112 valence electrons. The number of nitrogens with zero attached hydrogens (tertiary/aromatic N) is 2. The number of hydrogen-bond donors (Lipinski definition) is 0. The van der Waals surface area contributed by atoms with Gasteiger partial charge in [-0.25, -0.2) is 8.42 Å². The fourth-order valence-corrected chi connectivity index (χ4v) is 4.35. The van der Waals surface area contributed by atoms with Crippen LogP contribution in [0.25, 0.3) is 0 Å². The van der Waals surface area contributed by atoms with Crippen molar-refractivity contribution in [3.8, 4) is 0 Å². The molecule has 0 aliphatic carbocycles. The van der Waals surface area contributed by atoms with E-state index in [1.165, 1.54) is 0 Å². The highest BCUT2D eigenvalue weighted by Crippen LogP contribution is 2.24. The van der Waals surface area contributed by atoms with Gasteiger partial charge >= 0.3 is 0 Å². The lowest BCUT2D eigenvalue weighted by atomic mass is 10.2. The molecule has 0 saturated carbocycles. The summed E-state index contributed by atoms with van der Waals surface area (Å²) >= 11 is 11.9. The number of likely N-dealkylation sites (N-methyl/N-ethyl adjacent to an activating group) is 1. The van der Waals surface area contributed by atoms with E-state index >= 15 is 0 Å². The number of rotatable bonds is 4. The monoisotopic (exact) mass is 336 g/mol. The van der Waals surface area contributed by atoms with Crippen LogP contribution in [0.2, 0.25) is 10.0 Å². The summed E-state index contributed by atoms with van der Waals surface area (Å²) in [5.74, 6) is -0.0743. The zero-order valence-corrected chi connectivity index (χ0v) is 13.7. The molecule has 1 aliphatic heterocycles. The molecule has 20 heavy (non-hydrogen) atoms. The van der Waals surface area contributed by atoms with E-state index < -0.39 is 10.0 Å². The molecule has 0 unspecified atom stereocenters. The predicted molar refractivity (Wildman–Crippen MR) is 82.8 cm³/mol. The average Bonchev–Trinajstić information content (AvgIpc) is 2.42. The lowest BCUT2D eigenvalue weighted by molar-refractivity contribution is 0.196. The van der Waals surface area contributed by atoms with Crippen molar-refractivity contribution in [1.82, 2.24) is 9.21 Å². The number of hydrogen-bond acceptors (Lipinski definition) is 3. The SMILES string of the molecule is CCN1CCN(S(=O)(=O)Cc2ccc(Cl)cc2Cl)CC1. The highest BCUT2D eigenvalue weighted by atomic mass is 35.5. The minimum absolute atomic E-state index is 0.0743. The predicted octanol–water partition coefficient (Wildman–Crippen LogP) is 2.46. The summed E-state index contributed by atoms with van der Waals surface area (Å²) in [7, 11) is -3.32. The van der Waals surface area contributed by atoms with E-state index in [9.17, 15) is 8.42 Å². The van der Waals surface area contributed by atoms with Gasteiger partial charge in [-0.05, 0) is 24.2 Å². The fourth-order valence-electron chi connectivity index (χ4n) is 2.25. The van der Waals surface area contributed by atoms with Crippen molar-refractivity contribution in [2.45, 2.75) is 12.7 Å². The number of piperazine rings is 1. The molecule has 4 nitrogen and oxygen atoms in total. The van der Waals surface area contributed by atoms with Crippen molar-refractivity contribution in [1.29, 1.82) is 0 Å². The Morgan fingerprint density at radius 1 is 1.15 bits per heavy atom. The molecule has 0 amide bonds. The highest BCUT2D eigenvalue weighted by Gasteiger charge is 2.27. The first-order valence-electron chi connectivity index (χ1n) is 6.56. The van der Waals surface area contributed by atoms with Crippen molar-refractivity contribution in [2.75, 3.05) is 32.7 Å². The molecule has 1 aliphatic rings. The topological polar surface area (TPSA) is 40.6 Å². The minimum atomic E-state index is -3.32. The van der Waals surface area contributed by atoms with Gasteiger partial charge < -0.3 is 4.90 Å². The molecule has 0 aromatic heterocycles. The van der Waals surface area contributed by atoms with Crippen LogP contribution in [-0.2, 0) is 15.8 Å². The molecule has 1 heterocycles. The van der Waals surface area contributed by atoms with Gasteiger partial charge in [0.25, 0.3) is 0 Å². The Kier molecular flexibility index (Phi) is 5.31. The lowest BCUT2D eigenvalue weighted by Crippen LogP contribution is -2.48. The van der Waals surface area contributed by atoms with Gasteiger partial charge in [-0.2, -0.15) is 4.31 Å². The van der Waals surface area contributed by atoms with E-state index in [1.54, 1.807) is 22.5 Å². The van der Waals surface area contributed by atoms with Gasteiger partial charge in [0, 0.05) is 36.2 Å². The van der Waals surface area contributed by atoms with E-state index in [4.69, 9.17) is 23.2 Å². The van der Waals surface area contributed by atoms with Crippen LogP contribution >= 0.6 is 23.2 Å². The summed E-state index contributed by atoms with van der Waals surface area (Å²) in [6.45, 7) is 5.69. The smallest absolute Gasteiger partial charge is 0.218 e. The Balaban J connectivity index is 2.08. The molecule has 1 aromatic rings. The first-order chi connectivity index (χ1) is 9.42. The largest absolute Gasteiger partial charge is 0.301 e. The Bertz CT molecular complexity index is 570. The molecular formula is C13H18Cl2N2O2S. The Hall–Kier alpha value is -0.330. The van der Waals surface area contributed by atoms with E-state index in [1.807, 2.05) is 0 Å². The maximum absolute atomic E-state index is 12.4. The number of halogens is 2. The maximum atomic E-state index is 12.4. The van der Waals surface area contributed by atoms with Crippen LogP contribution in [0, 0.1) is 0 Å². The second-order valence-electron chi connectivity index (χ2n) is 4.83. The fraction of sp³-hybridized carbons (Fsp3) is 0.538. The molecular weight excluding hydrogens is 319 g/mol. The third-order valence-corrected chi connectivity index (χ3v) is 5.94. The van der Waals surface area contributed by atoms with E-state index in [-0.39, 0.29) is 5.75 Å². The summed E-state index contributed by atoms with van der Waals surface area (Å²) in [5, 5.41) is 0.904.